The Morgan fingerprint density at radius 1 is 1.18 bits per heavy atom. The molecule has 1 aliphatic rings. The van der Waals surface area contributed by atoms with E-state index in [1.54, 1.807) is 6.08 Å². The molecule has 0 bridgehead atoms. The Morgan fingerprint density at radius 3 is 2.55 bits per heavy atom. The lowest BCUT2D eigenvalue weighted by Crippen LogP contribution is -2.45. The van der Waals surface area contributed by atoms with Crippen molar-refractivity contribution >= 4 is 12.0 Å². The molecule has 1 saturated heterocycles. The average Bonchev–Trinajstić information content (AvgIpc) is 2.56. The van der Waals surface area contributed by atoms with Crippen LogP contribution in [0, 0.1) is 0 Å². The number of benzene rings is 1. The molecule has 0 radical (unpaired) electrons. The number of rotatable bonds is 6. The average molecular weight is 304 g/mol. The molecule has 22 heavy (non-hydrogen) atoms. The molecule has 0 atom stereocenters. The van der Waals surface area contributed by atoms with E-state index in [-0.39, 0.29) is 5.91 Å². The van der Waals surface area contributed by atoms with Crippen molar-refractivity contribution in [3.05, 3.63) is 29.8 Å². The number of nitrogens with one attached hydrogen (secondary N) is 1. The number of carbonyl (C=O) groups excluding carboxylic acids is 1. The van der Waals surface area contributed by atoms with E-state index in [9.17, 15) is 4.79 Å². The summed E-state index contributed by atoms with van der Waals surface area (Å²) in [5.74, 6) is 1.49. The van der Waals surface area contributed by atoms with Crippen molar-refractivity contribution in [3.8, 4) is 11.5 Å². The smallest absolute Gasteiger partial charge is 0.246 e. The molecule has 0 aliphatic carbocycles. The van der Waals surface area contributed by atoms with Crippen LogP contribution in [0.5, 0.6) is 11.5 Å². The normalized spacial score (nSPS) is 15.1. The fourth-order valence-electron chi connectivity index (χ4n) is 2.33. The predicted molar refractivity (Wildman–Crippen MR) is 87.3 cm³/mol. The largest absolute Gasteiger partial charge is 0.490 e. The highest BCUT2D eigenvalue weighted by Crippen LogP contribution is 2.29. The number of amides is 1. The second kappa shape index (κ2) is 8.44. The van der Waals surface area contributed by atoms with Gasteiger partial charge in [0.05, 0.1) is 13.2 Å². The summed E-state index contributed by atoms with van der Waals surface area (Å²) in [7, 11) is 0. The summed E-state index contributed by atoms with van der Waals surface area (Å²) in [6.45, 7) is 8.28. The van der Waals surface area contributed by atoms with Gasteiger partial charge in [-0.15, -0.1) is 0 Å². The van der Waals surface area contributed by atoms with Gasteiger partial charge in [-0.3, -0.25) is 4.79 Å². The van der Waals surface area contributed by atoms with Crippen molar-refractivity contribution in [2.75, 3.05) is 39.4 Å². The van der Waals surface area contributed by atoms with E-state index in [0.29, 0.717) is 19.0 Å². The molecule has 1 N–H and O–H groups in total. The van der Waals surface area contributed by atoms with Gasteiger partial charge in [0, 0.05) is 32.3 Å². The summed E-state index contributed by atoms with van der Waals surface area (Å²) >= 11 is 0. The van der Waals surface area contributed by atoms with Crippen LogP contribution in [0.25, 0.3) is 6.08 Å². The molecular formula is C17H24N2O3. The minimum atomic E-state index is 0.0494. The SMILES string of the molecule is CCOc1ccc(/C=C/C(=O)N2CCNCC2)cc1OCC. The van der Waals surface area contributed by atoms with Crippen LogP contribution in [-0.2, 0) is 4.79 Å². The highest BCUT2D eigenvalue weighted by atomic mass is 16.5. The molecule has 0 unspecified atom stereocenters. The molecule has 1 aromatic carbocycles. The maximum atomic E-state index is 12.1. The standard InChI is InChI=1S/C17H24N2O3/c1-3-21-15-7-5-14(13-16(15)22-4-2)6-8-17(20)19-11-9-18-10-12-19/h5-8,13,18H,3-4,9-12H2,1-2H3/b8-6+. The first-order valence-corrected chi connectivity index (χ1v) is 7.82. The van der Waals surface area contributed by atoms with Crippen molar-refractivity contribution in [3.63, 3.8) is 0 Å². The Morgan fingerprint density at radius 2 is 1.86 bits per heavy atom. The third kappa shape index (κ3) is 4.49. The minimum Gasteiger partial charge on any atom is -0.490 e. The first kappa shape index (κ1) is 16.4. The van der Waals surface area contributed by atoms with Crippen molar-refractivity contribution in [1.82, 2.24) is 10.2 Å². The van der Waals surface area contributed by atoms with Crippen LogP contribution < -0.4 is 14.8 Å². The van der Waals surface area contributed by atoms with Crippen LogP contribution >= 0.6 is 0 Å². The highest BCUT2D eigenvalue weighted by molar-refractivity contribution is 5.92. The van der Waals surface area contributed by atoms with Crippen LogP contribution in [0.2, 0.25) is 0 Å². The monoisotopic (exact) mass is 304 g/mol. The number of carbonyl (C=O) groups is 1. The van der Waals surface area contributed by atoms with Gasteiger partial charge in [0.25, 0.3) is 0 Å². The number of nitrogens with zero attached hydrogens (tertiary/aromatic N) is 1. The predicted octanol–water partition coefficient (Wildman–Crippen LogP) is 1.93. The molecular weight excluding hydrogens is 280 g/mol. The second-order valence-corrected chi connectivity index (χ2v) is 4.98. The summed E-state index contributed by atoms with van der Waals surface area (Å²) in [4.78, 5) is 14.0. The molecule has 1 heterocycles. The van der Waals surface area contributed by atoms with Crippen molar-refractivity contribution in [2.24, 2.45) is 0 Å². The van der Waals surface area contributed by atoms with E-state index in [0.717, 1.165) is 37.5 Å². The van der Waals surface area contributed by atoms with Gasteiger partial charge in [-0.2, -0.15) is 0 Å². The quantitative estimate of drug-likeness (QED) is 0.816. The fourth-order valence-corrected chi connectivity index (χ4v) is 2.33. The second-order valence-electron chi connectivity index (χ2n) is 4.98. The van der Waals surface area contributed by atoms with Gasteiger partial charge in [0.15, 0.2) is 11.5 Å². The highest BCUT2D eigenvalue weighted by Gasteiger charge is 2.13. The summed E-state index contributed by atoms with van der Waals surface area (Å²) in [6, 6.07) is 5.70. The molecule has 0 saturated carbocycles. The Balaban J connectivity index is 2.06. The number of hydrogen-bond donors (Lipinski definition) is 1. The maximum absolute atomic E-state index is 12.1. The first-order valence-electron chi connectivity index (χ1n) is 7.82. The van der Waals surface area contributed by atoms with E-state index in [4.69, 9.17) is 9.47 Å². The van der Waals surface area contributed by atoms with Gasteiger partial charge in [0.2, 0.25) is 5.91 Å². The number of piperazine rings is 1. The number of hydrogen-bond acceptors (Lipinski definition) is 4. The van der Waals surface area contributed by atoms with Crippen molar-refractivity contribution < 1.29 is 14.3 Å². The molecule has 120 valence electrons. The van der Waals surface area contributed by atoms with Crippen LogP contribution in [0.15, 0.2) is 24.3 Å². The Labute approximate surface area is 131 Å². The van der Waals surface area contributed by atoms with Gasteiger partial charge in [0.1, 0.15) is 0 Å². The van der Waals surface area contributed by atoms with Crippen LogP contribution in [-0.4, -0.2) is 50.2 Å². The summed E-state index contributed by atoms with van der Waals surface area (Å²) in [6.07, 6.45) is 3.44. The molecule has 1 aliphatic heterocycles. The van der Waals surface area contributed by atoms with E-state index in [1.165, 1.54) is 0 Å². The van der Waals surface area contributed by atoms with Crippen molar-refractivity contribution in [1.29, 1.82) is 0 Å². The third-order valence-electron chi connectivity index (χ3n) is 3.41. The molecule has 2 rings (SSSR count). The van der Waals surface area contributed by atoms with Crippen molar-refractivity contribution in [2.45, 2.75) is 13.8 Å². The topological polar surface area (TPSA) is 50.8 Å². The minimum absolute atomic E-state index is 0.0494. The molecule has 5 nitrogen and oxygen atoms in total. The van der Waals surface area contributed by atoms with Gasteiger partial charge in [-0.1, -0.05) is 6.07 Å². The molecule has 1 aromatic rings. The van der Waals surface area contributed by atoms with Gasteiger partial charge in [-0.05, 0) is 37.6 Å². The van der Waals surface area contributed by atoms with Crippen LogP contribution in [0.1, 0.15) is 19.4 Å². The number of ether oxygens (including phenoxy) is 2. The van der Waals surface area contributed by atoms with Crippen LogP contribution in [0.3, 0.4) is 0 Å². The van der Waals surface area contributed by atoms with E-state index in [1.807, 2.05) is 43.0 Å². The molecule has 5 heteroatoms. The van der Waals surface area contributed by atoms with Gasteiger partial charge >= 0.3 is 0 Å². The Hall–Kier alpha value is -2.01. The molecule has 0 spiro atoms. The first-order chi connectivity index (χ1) is 10.7. The van der Waals surface area contributed by atoms with E-state index < -0.39 is 0 Å². The van der Waals surface area contributed by atoms with Gasteiger partial charge in [-0.25, -0.2) is 0 Å². The molecule has 0 aromatic heterocycles. The summed E-state index contributed by atoms with van der Waals surface area (Å²) in [5, 5.41) is 3.23. The molecule has 1 amide bonds. The summed E-state index contributed by atoms with van der Waals surface area (Å²) < 4.78 is 11.1. The zero-order chi connectivity index (χ0) is 15.8. The Kier molecular flexibility index (Phi) is 6.27. The van der Waals surface area contributed by atoms with Crippen LogP contribution in [0.4, 0.5) is 0 Å². The van der Waals surface area contributed by atoms with Gasteiger partial charge < -0.3 is 19.7 Å². The fraction of sp³-hybridized carbons (Fsp3) is 0.471. The maximum Gasteiger partial charge on any atom is 0.246 e. The third-order valence-corrected chi connectivity index (χ3v) is 3.41. The van der Waals surface area contributed by atoms with E-state index in [2.05, 4.69) is 5.32 Å². The lowest BCUT2D eigenvalue weighted by molar-refractivity contribution is -0.126. The Bertz CT molecular complexity index is 523. The lowest BCUT2D eigenvalue weighted by Gasteiger charge is -2.26. The molecule has 1 fully saturated rings. The zero-order valence-electron chi connectivity index (χ0n) is 13.3. The lowest BCUT2D eigenvalue weighted by atomic mass is 10.2. The van der Waals surface area contributed by atoms with E-state index >= 15 is 0 Å². The zero-order valence-corrected chi connectivity index (χ0v) is 13.3. The summed E-state index contributed by atoms with van der Waals surface area (Å²) in [5.41, 5.74) is 0.926.